The van der Waals surface area contributed by atoms with Gasteiger partial charge in [-0.1, -0.05) is 31.9 Å². The smallest absolute Gasteiger partial charge is 0.272 e. The molecule has 2 aliphatic rings. The van der Waals surface area contributed by atoms with E-state index in [0.717, 1.165) is 80.4 Å². The molecule has 2 aliphatic carbocycles. The number of hydrogen-bond donors (Lipinski definition) is 2. The van der Waals surface area contributed by atoms with E-state index in [1.165, 1.54) is 19.3 Å². The first kappa shape index (κ1) is 29.3. The van der Waals surface area contributed by atoms with Crippen LogP contribution in [0.3, 0.4) is 0 Å². The van der Waals surface area contributed by atoms with Crippen LogP contribution in [0.1, 0.15) is 93.7 Å². The summed E-state index contributed by atoms with van der Waals surface area (Å²) >= 11 is 0. The largest absolute Gasteiger partial charge is 0.490 e. The molecule has 0 aliphatic heterocycles. The van der Waals surface area contributed by atoms with Crippen LogP contribution in [-0.2, 0) is 6.42 Å². The van der Waals surface area contributed by atoms with Crippen molar-refractivity contribution in [2.45, 2.75) is 102 Å². The molecule has 2 saturated carbocycles. The maximum Gasteiger partial charge on any atom is 0.272 e. The quantitative estimate of drug-likeness (QED) is 0.440. The zero-order valence-electron chi connectivity index (χ0n) is 20.7. The minimum atomic E-state index is -0.150. The Bertz CT molecular complexity index is 912. The molecular formula is C27H40Cl2N4O2. The van der Waals surface area contributed by atoms with E-state index in [2.05, 4.69) is 34.6 Å². The third-order valence-corrected chi connectivity index (χ3v) is 7.00. The van der Waals surface area contributed by atoms with Gasteiger partial charge in [-0.15, -0.1) is 29.9 Å². The summed E-state index contributed by atoms with van der Waals surface area (Å²) in [6.07, 6.45) is 13.2. The molecule has 0 atom stereocenters. The monoisotopic (exact) mass is 522 g/mol. The highest BCUT2D eigenvalue weighted by molar-refractivity contribution is 5.93. The molecule has 2 fully saturated rings. The highest BCUT2D eigenvalue weighted by Crippen LogP contribution is 2.29. The Morgan fingerprint density at radius 3 is 2.34 bits per heavy atom. The van der Waals surface area contributed by atoms with Crippen molar-refractivity contribution in [2.24, 2.45) is 5.73 Å². The molecule has 0 saturated heterocycles. The average molecular weight is 524 g/mol. The number of nitrogens with one attached hydrogen (secondary N) is 1. The first-order valence-corrected chi connectivity index (χ1v) is 12.8. The summed E-state index contributed by atoms with van der Waals surface area (Å²) in [7, 11) is 0. The fraction of sp³-hybridized carbons (Fsp3) is 0.593. The predicted molar refractivity (Wildman–Crippen MR) is 146 cm³/mol. The number of rotatable bonds is 8. The minimum absolute atomic E-state index is 0. The average Bonchev–Trinajstić information content (AvgIpc) is 2.85. The molecule has 194 valence electrons. The Hall–Kier alpha value is -1.89. The maximum atomic E-state index is 12.9. The van der Waals surface area contributed by atoms with Crippen LogP contribution >= 0.6 is 24.8 Å². The van der Waals surface area contributed by atoms with Gasteiger partial charge >= 0.3 is 0 Å². The molecule has 0 bridgehead atoms. The lowest BCUT2D eigenvalue weighted by Crippen LogP contribution is -2.40. The second-order valence-electron chi connectivity index (χ2n) is 9.68. The van der Waals surface area contributed by atoms with Gasteiger partial charge in [0, 0.05) is 17.6 Å². The maximum absolute atomic E-state index is 12.9. The van der Waals surface area contributed by atoms with Crippen LogP contribution in [0.15, 0.2) is 30.3 Å². The number of ether oxygens (including phenoxy) is 1. The zero-order valence-corrected chi connectivity index (χ0v) is 22.3. The van der Waals surface area contributed by atoms with Gasteiger partial charge in [-0.3, -0.25) is 4.79 Å². The predicted octanol–water partition coefficient (Wildman–Crippen LogP) is 6.04. The fourth-order valence-corrected chi connectivity index (χ4v) is 4.92. The Balaban J connectivity index is 0.00000216. The Kier molecular flexibility index (Phi) is 12.3. The molecule has 8 heteroatoms. The van der Waals surface area contributed by atoms with Crippen LogP contribution in [-0.4, -0.2) is 34.3 Å². The number of aromatic nitrogens is 2. The Labute approximate surface area is 222 Å². The van der Waals surface area contributed by atoms with E-state index >= 15 is 0 Å². The number of nitrogens with two attached hydrogens (primary N) is 1. The fourth-order valence-electron chi connectivity index (χ4n) is 4.92. The number of aryl methyl sites for hydroxylation is 1. The lowest BCUT2D eigenvalue weighted by atomic mass is 9.92. The summed E-state index contributed by atoms with van der Waals surface area (Å²) in [6.45, 7) is 2.17. The van der Waals surface area contributed by atoms with Crippen LogP contribution in [0.4, 0.5) is 0 Å². The van der Waals surface area contributed by atoms with E-state index in [1.54, 1.807) is 0 Å². The molecule has 3 N–H and O–H groups in total. The topological polar surface area (TPSA) is 90.1 Å². The SMILES string of the molecule is CCCCc1nnc(C(=O)NC2CCC(N)CC2)cc1-c1ccc(OC2CCCCC2)cc1.Cl.Cl. The summed E-state index contributed by atoms with van der Waals surface area (Å²) in [5, 5.41) is 11.9. The molecule has 0 unspecified atom stereocenters. The third-order valence-electron chi connectivity index (χ3n) is 7.00. The van der Waals surface area contributed by atoms with Crippen molar-refractivity contribution in [3.8, 4) is 16.9 Å². The first-order chi connectivity index (χ1) is 16.1. The van der Waals surface area contributed by atoms with Crippen molar-refractivity contribution in [1.82, 2.24) is 15.5 Å². The number of amides is 1. The molecule has 4 rings (SSSR count). The second kappa shape index (κ2) is 14.6. The van der Waals surface area contributed by atoms with Gasteiger partial charge in [0.1, 0.15) is 5.75 Å². The Morgan fingerprint density at radius 2 is 1.69 bits per heavy atom. The van der Waals surface area contributed by atoms with E-state index in [1.807, 2.05) is 18.2 Å². The van der Waals surface area contributed by atoms with Crippen molar-refractivity contribution in [3.63, 3.8) is 0 Å². The first-order valence-electron chi connectivity index (χ1n) is 12.8. The normalized spacial score (nSPS) is 20.3. The van der Waals surface area contributed by atoms with Crippen molar-refractivity contribution >= 4 is 30.7 Å². The zero-order chi connectivity index (χ0) is 23.0. The summed E-state index contributed by atoms with van der Waals surface area (Å²) in [6, 6.07) is 10.6. The van der Waals surface area contributed by atoms with Crippen LogP contribution in [0.5, 0.6) is 5.75 Å². The number of hydrogen-bond acceptors (Lipinski definition) is 5. The van der Waals surface area contributed by atoms with E-state index < -0.39 is 0 Å². The molecule has 1 aromatic carbocycles. The van der Waals surface area contributed by atoms with Crippen molar-refractivity contribution in [2.75, 3.05) is 0 Å². The van der Waals surface area contributed by atoms with Crippen LogP contribution < -0.4 is 15.8 Å². The molecule has 1 amide bonds. The van der Waals surface area contributed by atoms with E-state index in [9.17, 15) is 4.79 Å². The summed E-state index contributed by atoms with van der Waals surface area (Å²) in [5.74, 6) is 0.764. The molecule has 6 nitrogen and oxygen atoms in total. The Morgan fingerprint density at radius 1 is 1.00 bits per heavy atom. The van der Waals surface area contributed by atoms with Crippen molar-refractivity contribution in [3.05, 3.63) is 41.7 Å². The molecule has 1 heterocycles. The standard InChI is InChI=1S/C27H38N4O2.2ClH/c1-2-3-9-25-24(19-10-16-23(17-11-19)33-22-7-5-4-6-8-22)18-26(31-30-25)27(32)29-21-14-12-20(28)13-15-21;;/h10-11,16-18,20-22H,2-9,12-15,28H2,1H3,(H,29,32);2*1H. The highest BCUT2D eigenvalue weighted by Gasteiger charge is 2.22. The van der Waals surface area contributed by atoms with E-state index in [-0.39, 0.29) is 42.8 Å². The van der Waals surface area contributed by atoms with Crippen LogP contribution in [0.25, 0.3) is 11.1 Å². The van der Waals surface area contributed by atoms with Crippen LogP contribution in [0, 0.1) is 0 Å². The lowest BCUT2D eigenvalue weighted by Gasteiger charge is -2.26. The number of carbonyl (C=O) groups is 1. The van der Waals surface area contributed by atoms with Gasteiger partial charge in [0.2, 0.25) is 0 Å². The summed E-state index contributed by atoms with van der Waals surface area (Å²) < 4.78 is 6.19. The molecule has 0 radical (unpaired) electrons. The highest BCUT2D eigenvalue weighted by atomic mass is 35.5. The third kappa shape index (κ3) is 8.33. The number of unbranched alkanes of at least 4 members (excludes halogenated alkanes) is 1. The van der Waals surface area contributed by atoms with Gasteiger partial charge in [-0.05, 0) is 88.0 Å². The van der Waals surface area contributed by atoms with Gasteiger partial charge < -0.3 is 15.8 Å². The van der Waals surface area contributed by atoms with Gasteiger partial charge in [0.25, 0.3) is 5.91 Å². The van der Waals surface area contributed by atoms with Crippen molar-refractivity contribution in [1.29, 1.82) is 0 Å². The number of carbonyl (C=O) groups excluding carboxylic acids is 1. The molecule has 1 aromatic heterocycles. The van der Waals surface area contributed by atoms with E-state index in [4.69, 9.17) is 10.5 Å². The van der Waals surface area contributed by atoms with Gasteiger partial charge in [-0.25, -0.2) is 0 Å². The molecular weight excluding hydrogens is 483 g/mol. The summed E-state index contributed by atoms with van der Waals surface area (Å²) in [5.41, 5.74) is 9.35. The molecule has 35 heavy (non-hydrogen) atoms. The second-order valence-corrected chi connectivity index (χ2v) is 9.68. The van der Waals surface area contributed by atoms with Gasteiger partial charge in [0.15, 0.2) is 5.69 Å². The van der Waals surface area contributed by atoms with Crippen molar-refractivity contribution < 1.29 is 9.53 Å². The lowest BCUT2D eigenvalue weighted by molar-refractivity contribution is 0.0919. The van der Waals surface area contributed by atoms with Gasteiger partial charge in [-0.2, -0.15) is 5.10 Å². The van der Waals surface area contributed by atoms with Crippen LogP contribution in [0.2, 0.25) is 0 Å². The van der Waals surface area contributed by atoms with Gasteiger partial charge in [0.05, 0.1) is 11.8 Å². The minimum Gasteiger partial charge on any atom is -0.490 e. The molecule has 0 spiro atoms. The number of nitrogens with zero attached hydrogens (tertiary/aromatic N) is 2. The van der Waals surface area contributed by atoms with E-state index in [0.29, 0.717) is 11.8 Å². The number of halogens is 2. The molecule has 2 aromatic rings. The summed E-state index contributed by atoms with van der Waals surface area (Å²) in [4.78, 5) is 12.9. The number of benzene rings is 1.